The number of aliphatic hydroxyl groups is 2. The van der Waals surface area contributed by atoms with Crippen molar-refractivity contribution in [3.8, 4) is 0 Å². The molecule has 7 nitrogen and oxygen atoms in total. The second-order valence-electron chi connectivity index (χ2n) is 5.31. The van der Waals surface area contributed by atoms with Crippen LogP contribution < -0.4 is 5.73 Å². The minimum absolute atomic E-state index is 0.180. The van der Waals surface area contributed by atoms with Gasteiger partial charge in [-0.25, -0.2) is 5.01 Å². The van der Waals surface area contributed by atoms with Gasteiger partial charge in [-0.15, -0.1) is 0 Å². The van der Waals surface area contributed by atoms with Crippen LogP contribution >= 0.6 is 0 Å². The summed E-state index contributed by atoms with van der Waals surface area (Å²) in [5, 5.41) is 24.4. The highest BCUT2D eigenvalue weighted by Crippen LogP contribution is 2.23. The van der Waals surface area contributed by atoms with Crippen LogP contribution in [0.2, 0.25) is 0 Å². The number of carbonyl (C=O) groups excluding carboxylic acids is 1. The van der Waals surface area contributed by atoms with Crippen LogP contribution in [-0.2, 0) is 9.53 Å². The molecule has 1 aliphatic heterocycles. The quantitative estimate of drug-likeness (QED) is 0.500. The van der Waals surface area contributed by atoms with Crippen molar-refractivity contribution in [1.82, 2.24) is 5.01 Å². The number of nitrogens with two attached hydrogens (primary N) is 1. The van der Waals surface area contributed by atoms with Crippen molar-refractivity contribution in [3.63, 3.8) is 0 Å². The van der Waals surface area contributed by atoms with Crippen molar-refractivity contribution < 1.29 is 19.7 Å². The summed E-state index contributed by atoms with van der Waals surface area (Å²) < 4.78 is 5.63. The number of hydrogen-bond acceptors (Lipinski definition) is 6. The Morgan fingerprint density at radius 1 is 1.50 bits per heavy atom. The lowest BCUT2D eigenvalue weighted by Crippen LogP contribution is -2.45. The highest BCUT2D eigenvalue weighted by molar-refractivity contribution is 5.70. The molecule has 0 aliphatic carbocycles. The standard InChI is InChI=1S/C13H24N2O3.C2H5NO/c1-4-5-10(2)8-15(14-3)13-7-6-11(17)12(9-16)18-13;1-2(3)4/h8,11-13,16-17H,3-7,9H2,1-2H3;1H3,(H2,3,4)/b10-8-;. The van der Waals surface area contributed by atoms with E-state index in [0.29, 0.717) is 12.8 Å². The van der Waals surface area contributed by atoms with Gasteiger partial charge in [0.05, 0.1) is 12.7 Å². The first kappa shape index (κ1) is 20.6. The summed E-state index contributed by atoms with van der Waals surface area (Å²) in [6.45, 7) is 8.84. The number of carbonyl (C=O) groups is 1. The van der Waals surface area contributed by atoms with Crippen molar-refractivity contribution in [3.05, 3.63) is 11.8 Å². The van der Waals surface area contributed by atoms with Crippen molar-refractivity contribution >= 4 is 12.6 Å². The number of nitrogens with zero attached hydrogens (tertiary/aromatic N) is 2. The number of rotatable bonds is 6. The van der Waals surface area contributed by atoms with Crippen LogP contribution in [0.15, 0.2) is 16.9 Å². The van der Waals surface area contributed by atoms with E-state index >= 15 is 0 Å². The average molecular weight is 315 g/mol. The van der Waals surface area contributed by atoms with Crippen molar-refractivity contribution in [2.24, 2.45) is 10.8 Å². The molecule has 1 fully saturated rings. The van der Waals surface area contributed by atoms with Crippen LogP contribution in [0.3, 0.4) is 0 Å². The second kappa shape index (κ2) is 11.2. The van der Waals surface area contributed by atoms with Crippen LogP contribution in [0.25, 0.3) is 0 Å². The molecule has 7 heteroatoms. The summed E-state index contributed by atoms with van der Waals surface area (Å²) in [4.78, 5) is 9.22. The molecule has 22 heavy (non-hydrogen) atoms. The van der Waals surface area contributed by atoms with E-state index < -0.39 is 12.2 Å². The molecule has 1 rings (SSSR count). The molecule has 0 spiro atoms. The molecule has 0 aromatic carbocycles. The van der Waals surface area contributed by atoms with Crippen LogP contribution in [0.1, 0.15) is 46.5 Å². The first-order valence-electron chi connectivity index (χ1n) is 7.48. The van der Waals surface area contributed by atoms with Gasteiger partial charge in [0.1, 0.15) is 6.10 Å². The Labute approximate surface area is 132 Å². The number of allylic oxidation sites excluding steroid dienone is 1. The molecular formula is C15H29N3O4. The van der Waals surface area contributed by atoms with E-state index in [4.69, 9.17) is 9.84 Å². The minimum atomic E-state index is -0.598. The molecule has 0 radical (unpaired) electrons. The molecule has 1 saturated heterocycles. The second-order valence-corrected chi connectivity index (χ2v) is 5.31. The lowest BCUT2D eigenvalue weighted by molar-refractivity contribution is -0.172. The largest absolute Gasteiger partial charge is 0.394 e. The highest BCUT2D eigenvalue weighted by Gasteiger charge is 2.31. The zero-order chi connectivity index (χ0) is 17.1. The topological polar surface area (TPSA) is 108 Å². The average Bonchev–Trinajstić information content (AvgIpc) is 2.45. The molecule has 128 valence electrons. The number of primary amides is 1. The van der Waals surface area contributed by atoms with Crippen molar-refractivity contribution in [1.29, 1.82) is 0 Å². The van der Waals surface area contributed by atoms with E-state index in [-0.39, 0.29) is 18.7 Å². The zero-order valence-corrected chi connectivity index (χ0v) is 13.7. The summed E-state index contributed by atoms with van der Waals surface area (Å²) in [5.41, 5.74) is 5.68. The van der Waals surface area contributed by atoms with Gasteiger partial charge in [-0.3, -0.25) is 4.79 Å². The Hall–Kier alpha value is -1.44. The molecule has 1 heterocycles. The lowest BCUT2D eigenvalue weighted by atomic mass is 10.0. The summed E-state index contributed by atoms with van der Waals surface area (Å²) in [6, 6.07) is 0. The van der Waals surface area contributed by atoms with E-state index in [2.05, 4.69) is 24.5 Å². The number of aliphatic hydroxyl groups excluding tert-OH is 2. The SMILES string of the molecule is C=NN(/C=C(/C)CCC)C1CCC(O)C(CO)O1.CC(N)=O. The van der Waals surface area contributed by atoms with Gasteiger partial charge < -0.3 is 20.7 Å². The first-order chi connectivity index (χ1) is 10.3. The van der Waals surface area contributed by atoms with E-state index in [9.17, 15) is 9.90 Å². The Kier molecular flexibility index (Phi) is 10.4. The van der Waals surface area contributed by atoms with E-state index in [0.717, 1.165) is 12.8 Å². The fourth-order valence-electron chi connectivity index (χ4n) is 2.12. The number of hydrogen-bond donors (Lipinski definition) is 3. The molecule has 3 unspecified atom stereocenters. The molecule has 0 saturated carbocycles. The molecular weight excluding hydrogens is 286 g/mol. The fourth-order valence-corrected chi connectivity index (χ4v) is 2.12. The number of amides is 1. The fraction of sp³-hybridized carbons (Fsp3) is 0.733. The van der Waals surface area contributed by atoms with Gasteiger partial charge in [-0.1, -0.05) is 18.9 Å². The smallest absolute Gasteiger partial charge is 0.214 e. The molecule has 1 amide bonds. The summed E-state index contributed by atoms with van der Waals surface area (Å²) in [6.07, 6.45) is 3.89. The van der Waals surface area contributed by atoms with Crippen LogP contribution in [0.5, 0.6) is 0 Å². The predicted molar refractivity (Wildman–Crippen MR) is 85.9 cm³/mol. The third kappa shape index (κ3) is 8.11. The Balaban J connectivity index is 0.000000980. The van der Waals surface area contributed by atoms with Gasteiger partial charge in [0.15, 0.2) is 6.23 Å². The molecule has 1 aliphatic rings. The van der Waals surface area contributed by atoms with Gasteiger partial charge in [0.2, 0.25) is 5.91 Å². The molecule has 3 atom stereocenters. The summed E-state index contributed by atoms with van der Waals surface area (Å²) >= 11 is 0. The minimum Gasteiger partial charge on any atom is -0.394 e. The van der Waals surface area contributed by atoms with E-state index in [1.165, 1.54) is 12.5 Å². The molecule has 0 aromatic rings. The Morgan fingerprint density at radius 3 is 2.55 bits per heavy atom. The van der Waals surface area contributed by atoms with Crippen LogP contribution in [0.4, 0.5) is 0 Å². The monoisotopic (exact) mass is 315 g/mol. The van der Waals surface area contributed by atoms with Gasteiger partial charge >= 0.3 is 0 Å². The maximum Gasteiger partial charge on any atom is 0.214 e. The number of ether oxygens (including phenoxy) is 1. The predicted octanol–water partition coefficient (Wildman–Crippen LogP) is 0.958. The third-order valence-corrected chi connectivity index (χ3v) is 3.11. The normalized spacial score (nSPS) is 25.0. The van der Waals surface area contributed by atoms with E-state index in [1.807, 2.05) is 13.1 Å². The molecule has 4 N–H and O–H groups in total. The lowest BCUT2D eigenvalue weighted by Gasteiger charge is -2.36. The Morgan fingerprint density at radius 2 is 2.09 bits per heavy atom. The first-order valence-corrected chi connectivity index (χ1v) is 7.48. The zero-order valence-electron chi connectivity index (χ0n) is 13.7. The van der Waals surface area contributed by atoms with Gasteiger partial charge in [-0.2, -0.15) is 5.10 Å². The molecule has 0 bridgehead atoms. The van der Waals surface area contributed by atoms with Crippen LogP contribution in [-0.4, -0.2) is 52.9 Å². The highest BCUT2D eigenvalue weighted by atomic mass is 16.5. The van der Waals surface area contributed by atoms with Gasteiger partial charge in [0, 0.05) is 19.8 Å². The Bertz CT molecular complexity index is 370. The van der Waals surface area contributed by atoms with Crippen molar-refractivity contribution in [2.45, 2.75) is 64.9 Å². The van der Waals surface area contributed by atoms with Crippen molar-refractivity contribution in [2.75, 3.05) is 6.61 Å². The summed E-state index contributed by atoms with van der Waals surface area (Å²) in [5.74, 6) is -0.333. The molecule has 0 aromatic heterocycles. The maximum atomic E-state index is 9.64. The van der Waals surface area contributed by atoms with Gasteiger partial charge in [0.25, 0.3) is 0 Å². The number of hydrazone groups is 1. The summed E-state index contributed by atoms with van der Waals surface area (Å²) in [7, 11) is 0. The van der Waals surface area contributed by atoms with Gasteiger partial charge in [-0.05, 0) is 26.2 Å². The van der Waals surface area contributed by atoms with Crippen LogP contribution in [0, 0.1) is 0 Å². The van der Waals surface area contributed by atoms with E-state index in [1.54, 1.807) is 5.01 Å². The third-order valence-electron chi connectivity index (χ3n) is 3.11. The maximum absolute atomic E-state index is 9.64.